The molecule has 1 heterocycles. The van der Waals surface area contributed by atoms with E-state index in [-0.39, 0.29) is 25.0 Å². The van der Waals surface area contributed by atoms with Gasteiger partial charge in [-0.1, -0.05) is 0 Å². The van der Waals surface area contributed by atoms with Gasteiger partial charge in [0.05, 0.1) is 19.6 Å². The van der Waals surface area contributed by atoms with Crippen molar-refractivity contribution >= 4 is 17.8 Å². The van der Waals surface area contributed by atoms with Crippen molar-refractivity contribution in [1.29, 1.82) is 0 Å². The molecule has 1 aliphatic heterocycles. The predicted octanol–water partition coefficient (Wildman–Crippen LogP) is -0.833. The highest BCUT2D eigenvalue weighted by molar-refractivity contribution is 5.84. The minimum absolute atomic E-state index is 0.0321. The van der Waals surface area contributed by atoms with Gasteiger partial charge in [-0.25, -0.2) is 4.79 Å². The molecule has 7 nitrogen and oxygen atoms in total. The number of carbonyl (C=O) groups is 3. The molecule has 0 aromatic carbocycles. The summed E-state index contributed by atoms with van der Waals surface area (Å²) < 4.78 is 5.19. The van der Waals surface area contributed by atoms with Crippen LogP contribution in [0.4, 0.5) is 0 Å². The van der Waals surface area contributed by atoms with Crippen molar-refractivity contribution in [2.24, 2.45) is 0 Å². The Hall–Kier alpha value is -1.63. The Bertz CT molecular complexity index is 362. The highest BCUT2D eigenvalue weighted by Gasteiger charge is 2.42. The maximum absolute atomic E-state index is 11.7. The third kappa shape index (κ3) is 3.69. The molecule has 0 bridgehead atoms. The van der Waals surface area contributed by atoms with Crippen molar-refractivity contribution in [2.45, 2.75) is 19.4 Å². The first-order chi connectivity index (χ1) is 8.23. The van der Waals surface area contributed by atoms with Crippen LogP contribution in [0.5, 0.6) is 0 Å². The third-order valence-electron chi connectivity index (χ3n) is 2.86. The van der Waals surface area contributed by atoms with Gasteiger partial charge in [0, 0.05) is 14.0 Å². The first-order valence-corrected chi connectivity index (χ1v) is 5.59. The number of hydrogen-bond acceptors (Lipinski definition) is 4. The molecule has 0 aliphatic carbocycles. The Morgan fingerprint density at radius 1 is 1.39 bits per heavy atom. The SMILES string of the molecule is CC(=O)N(C)CC(=O)N1CC(C)(OCC(=O)O)C1. The Morgan fingerprint density at radius 3 is 2.39 bits per heavy atom. The Labute approximate surface area is 105 Å². The van der Waals surface area contributed by atoms with Gasteiger partial charge in [0.2, 0.25) is 11.8 Å². The number of carboxylic acids is 1. The zero-order chi connectivity index (χ0) is 13.9. The van der Waals surface area contributed by atoms with E-state index in [9.17, 15) is 14.4 Å². The van der Waals surface area contributed by atoms with E-state index >= 15 is 0 Å². The highest BCUT2D eigenvalue weighted by Crippen LogP contribution is 2.24. The van der Waals surface area contributed by atoms with Crippen LogP contribution >= 0.6 is 0 Å². The molecule has 0 radical (unpaired) electrons. The second kappa shape index (κ2) is 5.34. The van der Waals surface area contributed by atoms with E-state index in [0.29, 0.717) is 13.1 Å². The molecule has 1 N–H and O–H groups in total. The molecule has 0 atom stereocenters. The van der Waals surface area contributed by atoms with Gasteiger partial charge in [-0.2, -0.15) is 0 Å². The quantitative estimate of drug-likeness (QED) is 0.695. The summed E-state index contributed by atoms with van der Waals surface area (Å²) in [6.07, 6.45) is 0. The molecule has 0 unspecified atom stereocenters. The molecule has 1 fully saturated rings. The smallest absolute Gasteiger partial charge is 0.329 e. The lowest BCUT2D eigenvalue weighted by Gasteiger charge is -2.47. The fourth-order valence-corrected chi connectivity index (χ4v) is 1.68. The van der Waals surface area contributed by atoms with Gasteiger partial charge in [0.25, 0.3) is 0 Å². The van der Waals surface area contributed by atoms with E-state index in [1.165, 1.54) is 11.8 Å². The number of carbonyl (C=O) groups excluding carboxylic acids is 2. The number of carboxylic acid groups (broad SMARTS) is 1. The minimum atomic E-state index is -1.03. The lowest BCUT2D eigenvalue weighted by Crippen LogP contribution is -2.64. The average Bonchev–Trinajstić information content (AvgIpc) is 2.22. The van der Waals surface area contributed by atoms with Crippen LogP contribution in [0.3, 0.4) is 0 Å². The van der Waals surface area contributed by atoms with Gasteiger partial charge in [-0.15, -0.1) is 0 Å². The monoisotopic (exact) mass is 258 g/mol. The number of amides is 2. The largest absolute Gasteiger partial charge is 0.480 e. The number of likely N-dealkylation sites (tertiary alicyclic amines) is 1. The van der Waals surface area contributed by atoms with Crippen LogP contribution in [-0.2, 0) is 19.1 Å². The number of rotatable bonds is 5. The van der Waals surface area contributed by atoms with Crippen LogP contribution in [0, 0.1) is 0 Å². The highest BCUT2D eigenvalue weighted by atomic mass is 16.5. The van der Waals surface area contributed by atoms with Crippen LogP contribution in [0.15, 0.2) is 0 Å². The summed E-state index contributed by atoms with van der Waals surface area (Å²) in [6, 6.07) is 0. The molecule has 18 heavy (non-hydrogen) atoms. The lowest BCUT2D eigenvalue weighted by molar-refractivity contribution is -0.174. The second-order valence-corrected chi connectivity index (χ2v) is 4.76. The predicted molar refractivity (Wildman–Crippen MR) is 61.9 cm³/mol. The normalized spacial score (nSPS) is 16.9. The molecular formula is C11H18N2O5. The van der Waals surface area contributed by atoms with Gasteiger partial charge in [-0.3, -0.25) is 9.59 Å². The Morgan fingerprint density at radius 2 is 1.94 bits per heavy atom. The van der Waals surface area contributed by atoms with Crippen molar-refractivity contribution in [3.63, 3.8) is 0 Å². The van der Waals surface area contributed by atoms with E-state index in [4.69, 9.17) is 9.84 Å². The number of aliphatic carboxylic acids is 1. The molecule has 2 amide bonds. The second-order valence-electron chi connectivity index (χ2n) is 4.76. The van der Waals surface area contributed by atoms with Crippen LogP contribution < -0.4 is 0 Å². The van der Waals surface area contributed by atoms with Gasteiger partial charge in [-0.05, 0) is 6.92 Å². The van der Waals surface area contributed by atoms with Gasteiger partial charge in [0.1, 0.15) is 12.2 Å². The molecule has 0 spiro atoms. The average molecular weight is 258 g/mol. The standard InChI is InChI=1S/C11H18N2O5/c1-8(14)12(3)4-9(15)13-6-11(2,7-13)18-5-10(16)17/h4-7H2,1-3H3,(H,16,17). The van der Waals surface area contributed by atoms with Gasteiger partial charge in [0.15, 0.2) is 0 Å². The Balaban J connectivity index is 2.34. The van der Waals surface area contributed by atoms with Crippen LogP contribution in [0.1, 0.15) is 13.8 Å². The molecule has 102 valence electrons. The number of ether oxygens (including phenoxy) is 1. The zero-order valence-electron chi connectivity index (χ0n) is 10.8. The summed E-state index contributed by atoms with van der Waals surface area (Å²) in [6.45, 7) is 3.52. The Kier molecular flexibility index (Phi) is 4.28. The van der Waals surface area contributed by atoms with Crippen molar-refractivity contribution in [2.75, 3.05) is 33.3 Å². The lowest BCUT2D eigenvalue weighted by atomic mass is 9.96. The van der Waals surface area contributed by atoms with Gasteiger partial charge < -0.3 is 19.6 Å². The summed E-state index contributed by atoms with van der Waals surface area (Å²) in [5.74, 6) is -1.37. The van der Waals surface area contributed by atoms with Crippen molar-refractivity contribution in [3.05, 3.63) is 0 Å². The van der Waals surface area contributed by atoms with E-state index < -0.39 is 11.6 Å². The van der Waals surface area contributed by atoms with Gasteiger partial charge >= 0.3 is 5.97 Å². The molecule has 1 saturated heterocycles. The zero-order valence-corrected chi connectivity index (χ0v) is 10.8. The maximum Gasteiger partial charge on any atom is 0.329 e. The fourth-order valence-electron chi connectivity index (χ4n) is 1.68. The van der Waals surface area contributed by atoms with E-state index in [1.807, 2.05) is 0 Å². The molecule has 0 aromatic rings. The van der Waals surface area contributed by atoms with E-state index in [2.05, 4.69) is 0 Å². The first-order valence-electron chi connectivity index (χ1n) is 5.59. The third-order valence-corrected chi connectivity index (χ3v) is 2.86. The summed E-state index contributed by atoms with van der Waals surface area (Å²) in [4.78, 5) is 35.9. The van der Waals surface area contributed by atoms with Crippen LogP contribution in [-0.4, -0.2) is 71.6 Å². The first kappa shape index (κ1) is 14.4. The van der Waals surface area contributed by atoms with Crippen molar-refractivity contribution in [1.82, 2.24) is 9.80 Å². The molecular weight excluding hydrogens is 240 g/mol. The molecule has 7 heteroatoms. The van der Waals surface area contributed by atoms with Crippen molar-refractivity contribution < 1.29 is 24.2 Å². The number of hydrogen-bond donors (Lipinski definition) is 1. The molecule has 1 rings (SSSR count). The number of likely N-dealkylation sites (N-methyl/N-ethyl adjacent to an activating group) is 1. The van der Waals surface area contributed by atoms with E-state index in [0.717, 1.165) is 0 Å². The summed E-state index contributed by atoms with van der Waals surface area (Å²) >= 11 is 0. The van der Waals surface area contributed by atoms with Crippen LogP contribution in [0.25, 0.3) is 0 Å². The molecule has 0 aromatic heterocycles. The molecule has 0 saturated carbocycles. The molecule has 1 aliphatic rings. The topological polar surface area (TPSA) is 87.2 Å². The minimum Gasteiger partial charge on any atom is -0.480 e. The van der Waals surface area contributed by atoms with E-state index in [1.54, 1.807) is 18.9 Å². The van der Waals surface area contributed by atoms with Crippen molar-refractivity contribution in [3.8, 4) is 0 Å². The summed E-state index contributed by atoms with van der Waals surface area (Å²) in [7, 11) is 1.56. The summed E-state index contributed by atoms with van der Waals surface area (Å²) in [5.41, 5.74) is -0.594. The fraction of sp³-hybridized carbons (Fsp3) is 0.727. The summed E-state index contributed by atoms with van der Waals surface area (Å²) in [5, 5.41) is 8.50. The maximum atomic E-state index is 11.7. The number of nitrogens with zero attached hydrogens (tertiary/aromatic N) is 2. The van der Waals surface area contributed by atoms with Crippen LogP contribution in [0.2, 0.25) is 0 Å².